The van der Waals surface area contributed by atoms with Gasteiger partial charge in [0.1, 0.15) is 10.7 Å². The van der Waals surface area contributed by atoms with Crippen LogP contribution >= 0.6 is 11.3 Å². The van der Waals surface area contributed by atoms with Crippen LogP contribution in [0.1, 0.15) is 24.2 Å². The number of aromatic nitrogens is 1. The SMILES string of the molecule is CC(C)C(=O)Nc1nc(-c2ccccc2)c(NC(=O)c2ccccc2)s1. The van der Waals surface area contributed by atoms with E-state index in [1.807, 2.05) is 62.4 Å². The van der Waals surface area contributed by atoms with Crippen LogP contribution in [0, 0.1) is 5.92 Å². The van der Waals surface area contributed by atoms with Crippen LogP contribution in [0.2, 0.25) is 0 Å². The lowest BCUT2D eigenvalue weighted by Gasteiger charge is -2.05. The smallest absolute Gasteiger partial charge is 0.256 e. The molecule has 0 bridgehead atoms. The van der Waals surface area contributed by atoms with E-state index < -0.39 is 0 Å². The van der Waals surface area contributed by atoms with Crippen molar-refractivity contribution in [1.82, 2.24) is 4.98 Å². The minimum atomic E-state index is -0.215. The fourth-order valence-electron chi connectivity index (χ4n) is 2.26. The van der Waals surface area contributed by atoms with E-state index in [-0.39, 0.29) is 17.7 Å². The van der Waals surface area contributed by atoms with Crippen molar-refractivity contribution in [2.75, 3.05) is 10.6 Å². The molecule has 3 rings (SSSR count). The Morgan fingerprint density at radius 3 is 2.15 bits per heavy atom. The lowest BCUT2D eigenvalue weighted by Crippen LogP contribution is -2.17. The molecular weight excluding hydrogens is 346 g/mol. The molecule has 0 saturated carbocycles. The van der Waals surface area contributed by atoms with Crippen molar-refractivity contribution in [2.45, 2.75) is 13.8 Å². The summed E-state index contributed by atoms with van der Waals surface area (Å²) in [6.07, 6.45) is 0. The molecule has 2 N–H and O–H groups in total. The molecule has 26 heavy (non-hydrogen) atoms. The van der Waals surface area contributed by atoms with Crippen LogP contribution in [0.25, 0.3) is 11.3 Å². The second-order valence-electron chi connectivity index (χ2n) is 6.03. The average molecular weight is 365 g/mol. The number of nitrogens with zero attached hydrogens (tertiary/aromatic N) is 1. The first-order valence-corrected chi connectivity index (χ1v) is 9.09. The highest BCUT2D eigenvalue weighted by atomic mass is 32.1. The number of hydrogen-bond acceptors (Lipinski definition) is 4. The standard InChI is InChI=1S/C20H19N3O2S/c1-13(2)17(24)23-20-21-16(14-9-5-3-6-10-14)19(26-20)22-18(25)15-11-7-4-8-12-15/h3-13H,1-2H3,(H,22,25)(H,21,23,24). The fourth-order valence-corrected chi connectivity index (χ4v) is 3.15. The molecule has 132 valence electrons. The van der Waals surface area contributed by atoms with Gasteiger partial charge in [-0.3, -0.25) is 9.59 Å². The molecule has 0 fully saturated rings. The number of benzene rings is 2. The van der Waals surface area contributed by atoms with Crippen molar-refractivity contribution in [2.24, 2.45) is 5.92 Å². The molecule has 6 heteroatoms. The molecular formula is C20H19N3O2S. The average Bonchev–Trinajstić information content (AvgIpc) is 3.05. The zero-order valence-corrected chi connectivity index (χ0v) is 15.3. The first-order valence-electron chi connectivity index (χ1n) is 8.28. The lowest BCUT2D eigenvalue weighted by molar-refractivity contribution is -0.118. The summed E-state index contributed by atoms with van der Waals surface area (Å²) in [6, 6.07) is 18.6. The summed E-state index contributed by atoms with van der Waals surface area (Å²) in [5.41, 5.74) is 2.07. The van der Waals surface area contributed by atoms with Crippen molar-refractivity contribution < 1.29 is 9.59 Å². The number of thiazole rings is 1. The van der Waals surface area contributed by atoms with Gasteiger partial charge in [-0.15, -0.1) is 0 Å². The highest BCUT2D eigenvalue weighted by Gasteiger charge is 2.18. The third-order valence-electron chi connectivity index (χ3n) is 3.69. The lowest BCUT2D eigenvalue weighted by atomic mass is 10.1. The van der Waals surface area contributed by atoms with E-state index in [1.165, 1.54) is 11.3 Å². The van der Waals surface area contributed by atoms with Gasteiger partial charge < -0.3 is 10.6 Å². The third-order valence-corrected chi connectivity index (χ3v) is 4.58. The Kier molecular flexibility index (Phi) is 5.43. The largest absolute Gasteiger partial charge is 0.312 e. The Hall–Kier alpha value is -2.99. The van der Waals surface area contributed by atoms with Gasteiger partial charge in [0.25, 0.3) is 5.91 Å². The van der Waals surface area contributed by atoms with Crippen molar-refractivity contribution in [1.29, 1.82) is 0 Å². The van der Waals surface area contributed by atoms with Crippen molar-refractivity contribution in [3.63, 3.8) is 0 Å². The zero-order chi connectivity index (χ0) is 18.5. The van der Waals surface area contributed by atoms with Gasteiger partial charge in [0, 0.05) is 17.0 Å². The molecule has 1 aromatic heterocycles. The van der Waals surface area contributed by atoms with Gasteiger partial charge in [0.05, 0.1) is 0 Å². The topological polar surface area (TPSA) is 71.1 Å². The summed E-state index contributed by atoms with van der Waals surface area (Å²) in [6.45, 7) is 3.64. The van der Waals surface area contributed by atoms with Crippen LogP contribution < -0.4 is 10.6 Å². The van der Waals surface area contributed by atoms with E-state index in [9.17, 15) is 9.59 Å². The quantitative estimate of drug-likeness (QED) is 0.691. The molecule has 0 aliphatic rings. The number of hydrogen-bond donors (Lipinski definition) is 2. The monoisotopic (exact) mass is 365 g/mol. The van der Waals surface area contributed by atoms with Crippen LogP contribution in [0.3, 0.4) is 0 Å². The Bertz CT molecular complexity index is 905. The van der Waals surface area contributed by atoms with E-state index in [1.54, 1.807) is 12.1 Å². The van der Waals surface area contributed by atoms with Gasteiger partial charge in [-0.1, -0.05) is 73.7 Å². The van der Waals surface area contributed by atoms with E-state index in [0.717, 1.165) is 5.56 Å². The molecule has 2 amide bonds. The van der Waals surface area contributed by atoms with E-state index in [2.05, 4.69) is 15.6 Å². The summed E-state index contributed by atoms with van der Waals surface area (Å²) >= 11 is 1.25. The molecule has 0 radical (unpaired) electrons. The maximum atomic E-state index is 12.5. The molecule has 0 aliphatic carbocycles. The molecule has 0 unspecified atom stereocenters. The number of anilines is 2. The predicted octanol–water partition coefficient (Wildman–Crippen LogP) is 4.66. The second kappa shape index (κ2) is 7.93. The number of carbonyl (C=O) groups is 2. The normalized spacial score (nSPS) is 10.6. The minimum Gasteiger partial charge on any atom is -0.312 e. The summed E-state index contributed by atoms with van der Waals surface area (Å²) in [4.78, 5) is 29.0. The number of rotatable bonds is 5. The van der Waals surface area contributed by atoms with Gasteiger partial charge in [-0.25, -0.2) is 4.98 Å². The molecule has 1 heterocycles. The molecule has 3 aromatic rings. The zero-order valence-electron chi connectivity index (χ0n) is 14.5. The first-order chi connectivity index (χ1) is 12.5. The second-order valence-corrected chi connectivity index (χ2v) is 7.03. The number of amides is 2. The van der Waals surface area contributed by atoms with Crippen LogP contribution in [0.15, 0.2) is 60.7 Å². The van der Waals surface area contributed by atoms with Crippen LogP contribution in [-0.2, 0) is 4.79 Å². The third kappa shape index (κ3) is 4.15. The summed E-state index contributed by atoms with van der Waals surface area (Å²) in [5, 5.41) is 6.78. The minimum absolute atomic E-state index is 0.112. The first kappa shape index (κ1) is 17.8. The Balaban J connectivity index is 1.93. The molecule has 0 aliphatic heterocycles. The van der Waals surface area contributed by atoms with Crippen molar-refractivity contribution in [3.05, 3.63) is 66.2 Å². The van der Waals surface area contributed by atoms with Gasteiger partial charge >= 0.3 is 0 Å². The molecule has 0 atom stereocenters. The summed E-state index contributed by atoms with van der Waals surface area (Å²) < 4.78 is 0. The van der Waals surface area contributed by atoms with E-state index in [4.69, 9.17) is 0 Å². The van der Waals surface area contributed by atoms with Crippen LogP contribution in [-0.4, -0.2) is 16.8 Å². The molecule has 2 aromatic carbocycles. The molecule has 0 spiro atoms. The summed E-state index contributed by atoms with van der Waals surface area (Å²) in [5.74, 6) is -0.478. The maximum absolute atomic E-state index is 12.5. The summed E-state index contributed by atoms with van der Waals surface area (Å²) in [7, 11) is 0. The predicted molar refractivity (Wildman–Crippen MR) is 105 cm³/mol. The van der Waals surface area contributed by atoms with Gasteiger partial charge in [-0.2, -0.15) is 0 Å². The highest BCUT2D eigenvalue weighted by molar-refractivity contribution is 7.20. The van der Waals surface area contributed by atoms with Crippen molar-refractivity contribution >= 4 is 33.3 Å². The van der Waals surface area contributed by atoms with E-state index in [0.29, 0.717) is 21.4 Å². The highest BCUT2D eigenvalue weighted by Crippen LogP contribution is 2.36. The van der Waals surface area contributed by atoms with Crippen LogP contribution in [0.5, 0.6) is 0 Å². The maximum Gasteiger partial charge on any atom is 0.256 e. The Morgan fingerprint density at radius 1 is 0.923 bits per heavy atom. The Labute approximate surface area is 156 Å². The molecule has 5 nitrogen and oxygen atoms in total. The Morgan fingerprint density at radius 2 is 1.54 bits per heavy atom. The molecule has 0 saturated heterocycles. The van der Waals surface area contributed by atoms with Crippen LogP contribution in [0.4, 0.5) is 10.1 Å². The van der Waals surface area contributed by atoms with Gasteiger partial charge in [-0.05, 0) is 12.1 Å². The fraction of sp³-hybridized carbons (Fsp3) is 0.150. The van der Waals surface area contributed by atoms with Gasteiger partial charge in [0.2, 0.25) is 5.91 Å². The van der Waals surface area contributed by atoms with Crippen molar-refractivity contribution in [3.8, 4) is 11.3 Å². The number of nitrogens with one attached hydrogen (secondary N) is 2. The van der Waals surface area contributed by atoms with E-state index >= 15 is 0 Å². The number of carbonyl (C=O) groups excluding carboxylic acids is 2. The van der Waals surface area contributed by atoms with Gasteiger partial charge in [0.15, 0.2) is 5.13 Å².